The van der Waals surface area contributed by atoms with Gasteiger partial charge in [-0.3, -0.25) is 0 Å². The zero-order valence-electron chi connectivity index (χ0n) is 8.33. The van der Waals surface area contributed by atoms with Crippen LogP contribution in [0.1, 0.15) is 12.0 Å². The van der Waals surface area contributed by atoms with Crippen LogP contribution in [0.3, 0.4) is 0 Å². The summed E-state index contributed by atoms with van der Waals surface area (Å²) in [5.74, 6) is 1.64. The van der Waals surface area contributed by atoms with Gasteiger partial charge < -0.3 is 4.90 Å². The number of hydrogen-bond donors (Lipinski definition) is 0. The lowest BCUT2D eigenvalue weighted by molar-refractivity contribution is 0.618. The summed E-state index contributed by atoms with van der Waals surface area (Å²) in [5, 5.41) is 0. The Balaban J connectivity index is 1.91. The molecule has 0 N–H and O–H groups in total. The van der Waals surface area contributed by atoms with Gasteiger partial charge in [0.25, 0.3) is 0 Å². The van der Waals surface area contributed by atoms with E-state index in [1.54, 1.807) is 6.07 Å². The molecule has 1 aromatic carbocycles. The molecule has 0 radical (unpaired) electrons. The molecule has 0 aromatic heterocycles. The summed E-state index contributed by atoms with van der Waals surface area (Å²) in [6.07, 6.45) is 1.37. The molecule has 1 nitrogen and oxygen atoms in total. The fourth-order valence-electron chi connectivity index (χ4n) is 2.46. The van der Waals surface area contributed by atoms with Crippen molar-refractivity contribution in [3.63, 3.8) is 0 Å². The van der Waals surface area contributed by atoms with Crippen LogP contribution in [0.5, 0.6) is 0 Å². The molecular formula is C12H14FN. The summed E-state index contributed by atoms with van der Waals surface area (Å²) in [7, 11) is 0. The van der Waals surface area contributed by atoms with Gasteiger partial charge in [0, 0.05) is 13.1 Å². The van der Waals surface area contributed by atoms with Crippen molar-refractivity contribution in [1.82, 2.24) is 0 Å². The summed E-state index contributed by atoms with van der Waals surface area (Å²) in [6.45, 7) is 4.13. The van der Waals surface area contributed by atoms with Crippen molar-refractivity contribution < 1.29 is 4.39 Å². The van der Waals surface area contributed by atoms with E-state index in [0.717, 1.165) is 36.2 Å². The summed E-state index contributed by atoms with van der Waals surface area (Å²) in [4.78, 5) is 2.20. The number of aryl methyl sites for hydroxylation is 1. The van der Waals surface area contributed by atoms with Gasteiger partial charge in [0.05, 0.1) is 5.69 Å². The average Bonchev–Trinajstić information content (AvgIpc) is 2.78. The van der Waals surface area contributed by atoms with E-state index in [9.17, 15) is 4.39 Å². The van der Waals surface area contributed by atoms with Gasteiger partial charge in [-0.25, -0.2) is 4.39 Å². The van der Waals surface area contributed by atoms with E-state index >= 15 is 0 Å². The normalized spacial score (nSPS) is 29.1. The van der Waals surface area contributed by atoms with Crippen molar-refractivity contribution in [2.24, 2.45) is 11.8 Å². The Hall–Kier alpha value is -1.05. The Morgan fingerprint density at radius 3 is 2.71 bits per heavy atom. The minimum Gasteiger partial charge on any atom is -0.369 e. The smallest absolute Gasteiger partial charge is 0.146 e. The number of halogens is 1. The molecule has 1 aliphatic heterocycles. The molecule has 1 aliphatic carbocycles. The number of hydrogen-bond acceptors (Lipinski definition) is 1. The molecule has 74 valence electrons. The first-order valence-corrected chi connectivity index (χ1v) is 5.25. The topological polar surface area (TPSA) is 3.24 Å². The fraction of sp³-hybridized carbons (Fsp3) is 0.500. The first-order valence-electron chi connectivity index (χ1n) is 5.25. The molecule has 1 saturated heterocycles. The number of anilines is 1. The minimum atomic E-state index is -0.0723. The zero-order valence-corrected chi connectivity index (χ0v) is 8.33. The van der Waals surface area contributed by atoms with Crippen LogP contribution in [-0.2, 0) is 0 Å². The largest absolute Gasteiger partial charge is 0.369 e. The number of fused-ring (bicyclic) bond motifs is 1. The number of nitrogens with zero attached hydrogens (tertiary/aromatic N) is 1. The highest BCUT2D eigenvalue weighted by Crippen LogP contribution is 2.46. The van der Waals surface area contributed by atoms with Crippen LogP contribution in [0.15, 0.2) is 18.2 Å². The van der Waals surface area contributed by atoms with Gasteiger partial charge in [-0.1, -0.05) is 6.07 Å². The van der Waals surface area contributed by atoms with Crippen LogP contribution < -0.4 is 4.90 Å². The van der Waals surface area contributed by atoms with E-state index in [2.05, 4.69) is 4.90 Å². The molecule has 1 aromatic rings. The standard InChI is InChI=1S/C12H14FN/c1-8-2-3-11(13)12(4-8)14-6-9-5-10(9)7-14/h2-4,9-10H,5-7H2,1H3. The van der Waals surface area contributed by atoms with Gasteiger partial charge in [-0.2, -0.15) is 0 Å². The van der Waals surface area contributed by atoms with Gasteiger partial charge in [0.1, 0.15) is 5.82 Å². The molecule has 2 fully saturated rings. The second kappa shape index (κ2) is 2.72. The number of rotatable bonds is 1. The summed E-state index contributed by atoms with van der Waals surface area (Å²) >= 11 is 0. The Kier molecular flexibility index (Phi) is 1.61. The van der Waals surface area contributed by atoms with Gasteiger partial charge in [-0.05, 0) is 42.9 Å². The van der Waals surface area contributed by atoms with Gasteiger partial charge >= 0.3 is 0 Å². The average molecular weight is 191 g/mol. The van der Waals surface area contributed by atoms with Crippen LogP contribution in [0.4, 0.5) is 10.1 Å². The number of piperidine rings is 1. The minimum absolute atomic E-state index is 0.0723. The zero-order chi connectivity index (χ0) is 9.71. The monoisotopic (exact) mass is 191 g/mol. The van der Waals surface area contributed by atoms with Gasteiger partial charge in [0.2, 0.25) is 0 Å². The van der Waals surface area contributed by atoms with Crippen molar-refractivity contribution in [3.8, 4) is 0 Å². The van der Waals surface area contributed by atoms with Crippen molar-refractivity contribution in [2.75, 3.05) is 18.0 Å². The third-order valence-corrected chi connectivity index (χ3v) is 3.42. The highest BCUT2D eigenvalue weighted by Gasteiger charge is 2.45. The first-order chi connectivity index (χ1) is 6.74. The van der Waals surface area contributed by atoms with E-state index in [1.807, 2.05) is 19.1 Å². The number of benzene rings is 1. The van der Waals surface area contributed by atoms with Crippen LogP contribution in [0.2, 0.25) is 0 Å². The SMILES string of the molecule is Cc1ccc(F)c(N2CC3CC3C2)c1. The van der Waals surface area contributed by atoms with E-state index in [4.69, 9.17) is 0 Å². The molecular weight excluding hydrogens is 177 g/mol. The summed E-state index contributed by atoms with van der Waals surface area (Å²) < 4.78 is 13.5. The lowest BCUT2D eigenvalue weighted by atomic mass is 10.2. The second-order valence-corrected chi connectivity index (χ2v) is 4.62. The van der Waals surface area contributed by atoms with Crippen molar-refractivity contribution in [1.29, 1.82) is 0 Å². The molecule has 1 heterocycles. The molecule has 2 unspecified atom stereocenters. The lowest BCUT2D eigenvalue weighted by Crippen LogP contribution is -2.22. The van der Waals surface area contributed by atoms with Crippen molar-refractivity contribution >= 4 is 5.69 Å². The first kappa shape index (κ1) is 8.27. The Morgan fingerprint density at radius 1 is 1.29 bits per heavy atom. The fourth-order valence-corrected chi connectivity index (χ4v) is 2.46. The van der Waals surface area contributed by atoms with Gasteiger partial charge in [-0.15, -0.1) is 0 Å². The molecule has 0 bridgehead atoms. The summed E-state index contributed by atoms with van der Waals surface area (Å²) in [6, 6.07) is 5.37. The molecule has 0 spiro atoms. The molecule has 14 heavy (non-hydrogen) atoms. The highest BCUT2D eigenvalue weighted by molar-refractivity contribution is 5.51. The Morgan fingerprint density at radius 2 is 2.00 bits per heavy atom. The van der Waals surface area contributed by atoms with Crippen LogP contribution >= 0.6 is 0 Å². The molecule has 2 aliphatic rings. The molecule has 0 amide bonds. The van der Waals surface area contributed by atoms with E-state index in [0.29, 0.717) is 0 Å². The van der Waals surface area contributed by atoms with Gasteiger partial charge in [0.15, 0.2) is 0 Å². The third kappa shape index (κ3) is 1.21. The maximum absolute atomic E-state index is 13.5. The second-order valence-electron chi connectivity index (χ2n) is 4.62. The Bertz CT molecular complexity index is 365. The third-order valence-electron chi connectivity index (χ3n) is 3.42. The summed E-state index contributed by atoms with van der Waals surface area (Å²) in [5.41, 5.74) is 1.94. The van der Waals surface area contributed by atoms with Crippen molar-refractivity contribution in [3.05, 3.63) is 29.6 Å². The molecule has 2 atom stereocenters. The molecule has 2 heteroatoms. The maximum atomic E-state index is 13.5. The van der Waals surface area contributed by atoms with Crippen molar-refractivity contribution in [2.45, 2.75) is 13.3 Å². The van der Waals surface area contributed by atoms with E-state index in [1.165, 1.54) is 6.42 Å². The van der Waals surface area contributed by atoms with Crippen LogP contribution in [0.25, 0.3) is 0 Å². The van der Waals surface area contributed by atoms with E-state index < -0.39 is 0 Å². The quantitative estimate of drug-likeness (QED) is 0.659. The Labute approximate surface area is 83.5 Å². The van der Waals surface area contributed by atoms with Crippen LogP contribution in [0, 0.1) is 24.6 Å². The van der Waals surface area contributed by atoms with Crippen LogP contribution in [-0.4, -0.2) is 13.1 Å². The molecule has 3 rings (SSSR count). The van der Waals surface area contributed by atoms with E-state index in [-0.39, 0.29) is 5.82 Å². The maximum Gasteiger partial charge on any atom is 0.146 e. The lowest BCUT2D eigenvalue weighted by Gasteiger charge is -2.21. The highest BCUT2D eigenvalue weighted by atomic mass is 19.1. The predicted molar refractivity (Wildman–Crippen MR) is 54.9 cm³/mol. The molecule has 1 saturated carbocycles. The predicted octanol–water partition coefficient (Wildman–Crippen LogP) is 2.59.